The van der Waals surface area contributed by atoms with Crippen molar-refractivity contribution in [3.63, 3.8) is 0 Å². The van der Waals surface area contributed by atoms with Gasteiger partial charge in [0.05, 0.1) is 0 Å². The van der Waals surface area contributed by atoms with Crippen LogP contribution in [0.15, 0.2) is 0 Å². The Kier molecular flexibility index (Phi) is 3.94. The van der Waals surface area contributed by atoms with Crippen LogP contribution in [0.3, 0.4) is 0 Å². The van der Waals surface area contributed by atoms with Crippen molar-refractivity contribution < 1.29 is 21.6 Å². The Morgan fingerprint density at radius 1 is 1.42 bits per heavy atom. The SMILES string of the molecule is NCCNS(=O)(=O)C(F)(F)CF. The zero-order valence-corrected chi connectivity index (χ0v) is 6.87. The molecular weight excluding hydrogens is 197 g/mol. The van der Waals surface area contributed by atoms with Crippen molar-refractivity contribution in [2.45, 2.75) is 5.25 Å². The lowest BCUT2D eigenvalue weighted by Crippen LogP contribution is -2.42. The van der Waals surface area contributed by atoms with Gasteiger partial charge in [-0.05, 0) is 0 Å². The van der Waals surface area contributed by atoms with Gasteiger partial charge in [-0.2, -0.15) is 8.78 Å². The first-order valence-corrected chi connectivity index (χ1v) is 4.49. The second-order valence-electron chi connectivity index (χ2n) is 1.96. The molecule has 0 aliphatic rings. The van der Waals surface area contributed by atoms with Gasteiger partial charge in [0.1, 0.15) is 0 Å². The summed E-state index contributed by atoms with van der Waals surface area (Å²) >= 11 is 0. The maximum atomic E-state index is 12.2. The summed E-state index contributed by atoms with van der Waals surface area (Å²) in [4.78, 5) is 0. The number of rotatable bonds is 5. The Morgan fingerprint density at radius 2 is 1.92 bits per heavy atom. The lowest BCUT2D eigenvalue weighted by atomic mass is 10.7. The van der Waals surface area contributed by atoms with E-state index in [1.54, 1.807) is 0 Å². The van der Waals surface area contributed by atoms with Crippen molar-refractivity contribution in [1.82, 2.24) is 4.72 Å². The molecule has 0 atom stereocenters. The molecule has 0 aromatic heterocycles. The Bertz CT molecular complexity index is 228. The normalized spacial score (nSPS) is 13.3. The summed E-state index contributed by atoms with van der Waals surface area (Å²) in [6, 6.07) is 0. The molecule has 0 aliphatic carbocycles. The largest absolute Gasteiger partial charge is 0.386 e. The molecular formula is C4H9F3N2O2S. The topological polar surface area (TPSA) is 72.2 Å². The average molecular weight is 206 g/mol. The highest BCUT2D eigenvalue weighted by molar-refractivity contribution is 7.90. The van der Waals surface area contributed by atoms with E-state index < -0.39 is 22.0 Å². The standard InChI is InChI=1S/C4H9F3N2O2S/c5-3-4(6,7)12(10,11)9-2-1-8/h9H,1-3,8H2. The summed E-state index contributed by atoms with van der Waals surface area (Å²) in [6.45, 7) is -2.70. The highest BCUT2D eigenvalue weighted by atomic mass is 32.2. The van der Waals surface area contributed by atoms with Gasteiger partial charge in [-0.3, -0.25) is 0 Å². The minimum atomic E-state index is -4.91. The number of sulfonamides is 1. The van der Waals surface area contributed by atoms with Crippen LogP contribution in [-0.2, 0) is 10.0 Å². The van der Waals surface area contributed by atoms with Gasteiger partial charge in [0.15, 0.2) is 6.67 Å². The van der Waals surface area contributed by atoms with Crippen LogP contribution >= 0.6 is 0 Å². The minimum Gasteiger partial charge on any atom is -0.329 e. The summed E-state index contributed by atoms with van der Waals surface area (Å²) < 4.78 is 58.3. The predicted octanol–water partition coefficient (Wildman–Crippen LogP) is -0.573. The molecule has 12 heavy (non-hydrogen) atoms. The molecule has 0 amide bonds. The van der Waals surface area contributed by atoms with E-state index in [1.807, 2.05) is 0 Å². The van der Waals surface area contributed by atoms with E-state index in [1.165, 1.54) is 4.72 Å². The van der Waals surface area contributed by atoms with Gasteiger partial charge >= 0.3 is 5.25 Å². The molecule has 74 valence electrons. The molecule has 0 radical (unpaired) electrons. The lowest BCUT2D eigenvalue weighted by Gasteiger charge is -2.13. The van der Waals surface area contributed by atoms with E-state index in [9.17, 15) is 21.6 Å². The monoisotopic (exact) mass is 206 g/mol. The van der Waals surface area contributed by atoms with Gasteiger partial charge in [0.2, 0.25) is 0 Å². The molecule has 0 spiro atoms. The third-order valence-corrected chi connectivity index (χ3v) is 2.46. The van der Waals surface area contributed by atoms with Crippen LogP contribution in [0.1, 0.15) is 0 Å². The van der Waals surface area contributed by atoms with E-state index in [0.29, 0.717) is 0 Å². The number of nitrogens with one attached hydrogen (secondary N) is 1. The highest BCUT2D eigenvalue weighted by Gasteiger charge is 2.44. The van der Waals surface area contributed by atoms with Crippen molar-refractivity contribution in [1.29, 1.82) is 0 Å². The fraction of sp³-hybridized carbons (Fsp3) is 1.00. The molecule has 3 N–H and O–H groups in total. The smallest absolute Gasteiger partial charge is 0.329 e. The van der Waals surface area contributed by atoms with Gasteiger partial charge in [-0.25, -0.2) is 17.5 Å². The molecule has 0 aliphatic heterocycles. The van der Waals surface area contributed by atoms with E-state index >= 15 is 0 Å². The van der Waals surface area contributed by atoms with Crippen molar-refractivity contribution in [3.8, 4) is 0 Å². The molecule has 0 bridgehead atoms. The number of hydrogen-bond acceptors (Lipinski definition) is 3. The molecule has 0 unspecified atom stereocenters. The number of hydrogen-bond donors (Lipinski definition) is 2. The second kappa shape index (κ2) is 4.06. The predicted molar refractivity (Wildman–Crippen MR) is 36.9 cm³/mol. The summed E-state index contributed by atoms with van der Waals surface area (Å²) in [5.74, 6) is 0. The van der Waals surface area contributed by atoms with E-state index in [0.717, 1.165) is 0 Å². The van der Waals surface area contributed by atoms with Crippen LogP contribution in [0.4, 0.5) is 13.2 Å². The molecule has 0 fully saturated rings. The zero-order chi connectivity index (χ0) is 9.83. The quantitative estimate of drug-likeness (QED) is 0.632. The fourth-order valence-electron chi connectivity index (χ4n) is 0.371. The van der Waals surface area contributed by atoms with Crippen molar-refractivity contribution >= 4 is 10.0 Å². The zero-order valence-electron chi connectivity index (χ0n) is 6.06. The van der Waals surface area contributed by atoms with Gasteiger partial charge in [0, 0.05) is 13.1 Å². The van der Waals surface area contributed by atoms with Crippen LogP contribution in [0, 0.1) is 0 Å². The van der Waals surface area contributed by atoms with Crippen LogP contribution in [-0.4, -0.2) is 33.4 Å². The van der Waals surface area contributed by atoms with E-state index in [2.05, 4.69) is 0 Å². The minimum absolute atomic E-state index is 0.123. The maximum absolute atomic E-state index is 12.2. The first-order chi connectivity index (χ1) is 5.37. The Labute approximate surface area is 68.0 Å². The fourth-order valence-corrected chi connectivity index (χ4v) is 1.11. The number of alkyl halides is 3. The number of halogens is 3. The molecule has 0 aromatic carbocycles. The van der Waals surface area contributed by atoms with Crippen LogP contribution < -0.4 is 10.5 Å². The Morgan fingerprint density at radius 3 is 2.25 bits per heavy atom. The Hall–Kier alpha value is -0.340. The molecule has 0 rings (SSSR count). The second-order valence-corrected chi connectivity index (χ2v) is 3.85. The average Bonchev–Trinajstić information content (AvgIpc) is 2.00. The van der Waals surface area contributed by atoms with Crippen molar-refractivity contribution in [2.75, 3.05) is 19.8 Å². The third-order valence-electron chi connectivity index (χ3n) is 0.985. The van der Waals surface area contributed by atoms with Gasteiger partial charge < -0.3 is 5.73 Å². The van der Waals surface area contributed by atoms with E-state index in [-0.39, 0.29) is 13.1 Å². The van der Waals surface area contributed by atoms with Crippen LogP contribution in [0.5, 0.6) is 0 Å². The maximum Gasteiger partial charge on any atom is 0.386 e. The van der Waals surface area contributed by atoms with Crippen LogP contribution in [0.2, 0.25) is 0 Å². The third kappa shape index (κ3) is 2.61. The lowest BCUT2D eigenvalue weighted by molar-refractivity contribution is 0.0606. The molecule has 0 saturated heterocycles. The molecule has 0 aromatic rings. The summed E-state index contributed by atoms with van der Waals surface area (Å²) in [5, 5.41) is -4.37. The summed E-state index contributed by atoms with van der Waals surface area (Å²) in [7, 11) is -4.91. The Balaban J connectivity index is 4.40. The molecule has 0 heterocycles. The first kappa shape index (κ1) is 11.7. The highest BCUT2D eigenvalue weighted by Crippen LogP contribution is 2.20. The summed E-state index contributed by atoms with van der Waals surface area (Å²) in [5.41, 5.74) is 4.85. The van der Waals surface area contributed by atoms with Gasteiger partial charge in [0.25, 0.3) is 10.0 Å². The summed E-state index contributed by atoms with van der Waals surface area (Å²) in [6.07, 6.45) is 0. The van der Waals surface area contributed by atoms with E-state index in [4.69, 9.17) is 5.73 Å². The number of nitrogens with two attached hydrogens (primary N) is 1. The van der Waals surface area contributed by atoms with Gasteiger partial charge in [-0.15, -0.1) is 0 Å². The molecule has 4 nitrogen and oxygen atoms in total. The molecule has 8 heteroatoms. The van der Waals surface area contributed by atoms with Crippen LogP contribution in [0.25, 0.3) is 0 Å². The molecule has 0 saturated carbocycles. The van der Waals surface area contributed by atoms with Crippen molar-refractivity contribution in [3.05, 3.63) is 0 Å². The van der Waals surface area contributed by atoms with Gasteiger partial charge in [-0.1, -0.05) is 0 Å². The first-order valence-electron chi connectivity index (χ1n) is 3.00. The van der Waals surface area contributed by atoms with Crippen molar-refractivity contribution in [2.24, 2.45) is 5.73 Å².